The van der Waals surface area contributed by atoms with Gasteiger partial charge in [0.2, 0.25) is 11.8 Å². The lowest BCUT2D eigenvalue weighted by atomic mass is 10.2. The van der Waals surface area contributed by atoms with Gasteiger partial charge in [0.25, 0.3) is 0 Å². The Morgan fingerprint density at radius 3 is 2.59 bits per heavy atom. The minimum Gasteiger partial charge on any atom is -0.343 e. The highest BCUT2D eigenvalue weighted by Gasteiger charge is 2.20. The van der Waals surface area contributed by atoms with Gasteiger partial charge in [0, 0.05) is 6.26 Å². The maximum absolute atomic E-state index is 11.4. The highest BCUT2D eigenvalue weighted by molar-refractivity contribution is 7.91. The second-order valence-corrected chi connectivity index (χ2v) is 5.92. The van der Waals surface area contributed by atoms with E-state index in [9.17, 15) is 13.2 Å². The van der Waals surface area contributed by atoms with Crippen LogP contribution >= 0.6 is 0 Å². The topological polar surface area (TPSA) is 102 Å². The first kappa shape index (κ1) is 13.6. The molecule has 0 saturated heterocycles. The largest absolute Gasteiger partial charge is 0.343 e. The summed E-state index contributed by atoms with van der Waals surface area (Å²) >= 11 is 0. The van der Waals surface area contributed by atoms with E-state index in [0.717, 1.165) is 6.26 Å². The Hall–Kier alpha value is -1.44. The molecule has 8 heteroatoms. The van der Waals surface area contributed by atoms with Crippen molar-refractivity contribution in [2.24, 2.45) is 0 Å². The standard InChI is InChI=1S/C9H15N3O4S/c1-4-7(9-10-6(2)12-16-9)11-8(13)5-17(3,14)15/h7H,4-5H2,1-3H3,(H,11,13)/t7-/m0/s1. The molecule has 17 heavy (non-hydrogen) atoms. The van der Waals surface area contributed by atoms with E-state index >= 15 is 0 Å². The number of hydrogen-bond donors (Lipinski definition) is 1. The Labute approximate surface area is 99.5 Å². The second kappa shape index (κ2) is 5.26. The van der Waals surface area contributed by atoms with Crippen LogP contribution in [0.5, 0.6) is 0 Å². The van der Waals surface area contributed by atoms with E-state index in [1.165, 1.54) is 0 Å². The fraction of sp³-hybridized carbons (Fsp3) is 0.667. The van der Waals surface area contributed by atoms with Gasteiger partial charge in [-0.25, -0.2) is 8.42 Å². The van der Waals surface area contributed by atoms with Crippen molar-refractivity contribution >= 4 is 15.7 Å². The van der Waals surface area contributed by atoms with E-state index in [2.05, 4.69) is 15.5 Å². The van der Waals surface area contributed by atoms with Gasteiger partial charge < -0.3 is 9.84 Å². The number of rotatable bonds is 5. The van der Waals surface area contributed by atoms with Crippen LogP contribution in [0, 0.1) is 6.92 Å². The van der Waals surface area contributed by atoms with Crippen LogP contribution in [-0.4, -0.2) is 36.5 Å². The fourth-order valence-corrected chi connectivity index (χ4v) is 1.83. The third-order valence-electron chi connectivity index (χ3n) is 1.98. The van der Waals surface area contributed by atoms with Crippen molar-refractivity contribution in [3.63, 3.8) is 0 Å². The van der Waals surface area contributed by atoms with Crippen LogP contribution in [0.3, 0.4) is 0 Å². The highest BCUT2D eigenvalue weighted by Crippen LogP contribution is 2.13. The molecule has 0 aliphatic rings. The molecule has 1 N–H and O–H groups in total. The molecule has 0 radical (unpaired) electrons. The molecule has 0 unspecified atom stereocenters. The number of nitrogens with one attached hydrogen (secondary N) is 1. The summed E-state index contributed by atoms with van der Waals surface area (Å²) in [5, 5.41) is 6.15. The molecule has 7 nitrogen and oxygen atoms in total. The molecule has 0 aromatic carbocycles. The molecule has 0 aliphatic carbocycles. The first-order valence-corrected chi connectivity index (χ1v) is 7.15. The molecule has 0 fully saturated rings. The number of amides is 1. The molecule has 1 rings (SSSR count). The zero-order valence-corrected chi connectivity index (χ0v) is 10.7. The van der Waals surface area contributed by atoms with Crippen molar-refractivity contribution in [3.05, 3.63) is 11.7 Å². The molecule has 0 saturated carbocycles. The predicted molar refractivity (Wildman–Crippen MR) is 59.9 cm³/mol. The molecule has 1 aromatic rings. The van der Waals surface area contributed by atoms with Gasteiger partial charge in [-0.1, -0.05) is 12.1 Å². The molecule has 0 aliphatic heterocycles. The van der Waals surface area contributed by atoms with Crippen LogP contribution in [0.2, 0.25) is 0 Å². The van der Waals surface area contributed by atoms with Gasteiger partial charge >= 0.3 is 0 Å². The molecular formula is C9H15N3O4S. The van der Waals surface area contributed by atoms with Crippen molar-refractivity contribution in [1.82, 2.24) is 15.5 Å². The Balaban J connectivity index is 2.68. The normalized spacial score (nSPS) is 13.4. The highest BCUT2D eigenvalue weighted by atomic mass is 32.2. The maximum Gasteiger partial charge on any atom is 0.249 e. The van der Waals surface area contributed by atoms with Crippen molar-refractivity contribution in [2.45, 2.75) is 26.3 Å². The molecule has 1 atom stereocenters. The Bertz CT molecular complexity index is 494. The van der Waals surface area contributed by atoms with E-state index in [-0.39, 0.29) is 5.89 Å². The smallest absolute Gasteiger partial charge is 0.249 e. The third kappa shape index (κ3) is 4.51. The van der Waals surface area contributed by atoms with Gasteiger partial charge in [-0.05, 0) is 13.3 Å². The molecule has 1 amide bonds. The number of carbonyl (C=O) groups excluding carboxylic acids is 1. The number of hydrogen-bond acceptors (Lipinski definition) is 6. The van der Waals surface area contributed by atoms with E-state index in [0.29, 0.717) is 12.2 Å². The van der Waals surface area contributed by atoms with Crippen LogP contribution in [0.25, 0.3) is 0 Å². The molecule has 1 aromatic heterocycles. The van der Waals surface area contributed by atoms with Crippen molar-refractivity contribution in [2.75, 3.05) is 12.0 Å². The summed E-state index contributed by atoms with van der Waals surface area (Å²) in [6.45, 7) is 3.49. The summed E-state index contributed by atoms with van der Waals surface area (Å²) in [4.78, 5) is 15.4. The number of carbonyl (C=O) groups is 1. The first-order chi connectivity index (χ1) is 7.81. The van der Waals surface area contributed by atoms with Crippen LogP contribution in [0.15, 0.2) is 4.52 Å². The number of aryl methyl sites for hydroxylation is 1. The zero-order valence-electron chi connectivity index (χ0n) is 9.93. The SMILES string of the molecule is CC[C@H](NC(=O)CS(C)(=O)=O)c1nc(C)no1. The van der Waals surface area contributed by atoms with Crippen LogP contribution in [-0.2, 0) is 14.6 Å². The average molecular weight is 261 g/mol. The van der Waals surface area contributed by atoms with Gasteiger partial charge in [-0.15, -0.1) is 0 Å². The van der Waals surface area contributed by atoms with Gasteiger partial charge in [0.15, 0.2) is 15.7 Å². The first-order valence-electron chi connectivity index (χ1n) is 5.09. The summed E-state index contributed by atoms with van der Waals surface area (Å²) in [6.07, 6.45) is 1.54. The average Bonchev–Trinajstić information content (AvgIpc) is 2.58. The van der Waals surface area contributed by atoms with Crippen LogP contribution in [0.1, 0.15) is 31.1 Å². The lowest BCUT2D eigenvalue weighted by Crippen LogP contribution is -2.33. The minimum atomic E-state index is -3.33. The summed E-state index contributed by atoms with van der Waals surface area (Å²) in [5.41, 5.74) is 0. The fourth-order valence-electron chi connectivity index (χ4n) is 1.27. The third-order valence-corrected chi connectivity index (χ3v) is 2.76. The lowest BCUT2D eigenvalue weighted by Gasteiger charge is -2.11. The summed E-state index contributed by atoms with van der Waals surface area (Å²) in [7, 11) is -3.33. The summed E-state index contributed by atoms with van der Waals surface area (Å²) < 4.78 is 26.8. The molecule has 0 bridgehead atoms. The summed E-state index contributed by atoms with van der Waals surface area (Å²) in [5.74, 6) is -0.366. The van der Waals surface area contributed by atoms with Gasteiger partial charge in [0.1, 0.15) is 11.8 Å². The molecule has 1 heterocycles. The van der Waals surface area contributed by atoms with Crippen molar-refractivity contribution < 1.29 is 17.7 Å². The van der Waals surface area contributed by atoms with E-state index in [1.807, 2.05) is 6.92 Å². The molecule has 96 valence electrons. The molecular weight excluding hydrogens is 246 g/mol. The van der Waals surface area contributed by atoms with Gasteiger partial charge in [-0.3, -0.25) is 4.79 Å². The van der Waals surface area contributed by atoms with Gasteiger partial charge in [-0.2, -0.15) is 4.98 Å². The minimum absolute atomic E-state index is 0.284. The predicted octanol–water partition coefficient (Wildman–Crippen LogP) is -0.0101. The van der Waals surface area contributed by atoms with E-state index in [4.69, 9.17) is 4.52 Å². The number of nitrogens with zero attached hydrogens (tertiary/aromatic N) is 2. The Kier molecular flexibility index (Phi) is 4.22. The van der Waals surface area contributed by atoms with E-state index in [1.54, 1.807) is 6.92 Å². The van der Waals surface area contributed by atoms with Crippen molar-refractivity contribution in [3.8, 4) is 0 Å². The molecule has 0 spiro atoms. The quantitative estimate of drug-likeness (QED) is 0.799. The number of sulfone groups is 1. The maximum atomic E-state index is 11.4. The van der Waals surface area contributed by atoms with Crippen molar-refractivity contribution in [1.29, 1.82) is 0 Å². The monoisotopic (exact) mass is 261 g/mol. The lowest BCUT2D eigenvalue weighted by molar-refractivity contribution is -0.119. The van der Waals surface area contributed by atoms with Crippen LogP contribution in [0.4, 0.5) is 0 Å². The number of aromatic nitrogens is 2. The second-order valence-electron chi connectivity index (χ2n) is 3.78. The zero-order chi connectivity index (χ0) is 13.1. The van der Waals surface area contributed by atoms with E-state index < -0.39 is 27.5 Å². The van der Waals surface area contributed by atoms with Gasteiger partial charge in [0.05, 0.1) is 0 Å². The van der Waals surface area contributed by atoms with Crippen LogP contribution < -0.4 is 5.32 Å². The Morgan fingerprint density at radius 1 is 1.53 bits per heavy atom. The Morgan fingerprint density at radius 2 is 2.18 bits per heavy atom. The summed E-state index contributed by atoms with van der Waals surface area (Å²) in [6, 6.07) is -0.453.